The number of nitrogens with zero attached hydrogens (tertiary/aromatic N) is 1. The normalized spacial score (nSPS) is 19.5. The van der Waals surface area contributed by atoms with Crippen LogP contribution in [-0.2, 0) is 12.8 Å². The van der Waals surface area contributed by atoms with Gasteiger partial charge in [-0.3, -0.25) is 4.99 Å². The summed E-state index contributed by atoms with van der Waals surface area (Å²) in [5.41, 5.74) is 11.5. The molecular weight excluding hydrogens is 302 g/mol. The highest BCUT2D eigenvalue weighted by Crippen LogP contribution is 2.39. The molecule has 0 spiro atoms. The lowest BCUT2D eigenvalue weighted by Gasteiger charge is -2.10. The number of rotatable bonds is 3. The number of nitrogens with two attached hydrogens (primary N) is 1. The number of benzene rings is 2. The molecule has 1 atom stereocenters. The summed E-state index contributed by atoms with van der Waals surface area (Å²) in [4.78, 5) is 5.95. The monoisotopic (exact) mass is 323 g/mol. The van der Waals surface area contributed by atoms with Crippen LogP contribution in [0.4, 0.5) is 5.69 Å². The first-order valence-electron chi connectivity index (χ1n) is 8.20. The van der Waals surface area contributed by atoms with Crippen molar-refractivity contribution in [2.75, 3.05) is 17.6 Å². The Hall–Kier alpha value is -1.94. The Kier molecular flexibility index (Phi) is 4.00. The third kappa shape index (κ3) is 3.08. The fourth-order valence-corrected chi connectivity index (χ4v) is 4.67. The highest BCUT2D eigenvalue weighted by atomic mass is 32.2. The molecule has 0 aromatic heterocycles. The molecule has 0 saturated heterocycles. The van der Waals surface area contributed by atoms with E-state index in [1.54, 1.807) is 0 Å². The van der Waals surface area contributed by atoms with Crippen molar-refractivity contribution >= 4 is 23.4 Å². The van der Waals surface area contributed by atoms with Crippen molar-refractivity contribution < 1.29 is 0 Å². The minimum atomic E-state index is 0.469. The quantitative estimate of drug-likeness (QED) is 0.667. The van der Waals surface area contributed by atoms with Gasteiger partial charge in [-0.25, -0.2) is 0 Å². The van der Waals surface area contributed by atoms with Gasteiger partial charge < -0.3 is 11.1 Å². The molecule has 4 rings (SSSR count). The molecule has 0 saturated carbocycles. The molecule has 4 heteroatoms. The van der Waals surface area contributed by atoms with E-state index in [1.165, 1.54) is 40.8 Å². The summed E-state index contributed by atoms with van der Waals surface area (Å²) in [6.07, 6.45) is 3.65. The van der Waals surface area contributed by atoms with Gasteiger partial charge in [-0.15, -0.1) is 11.8 Å². The summed E-state index contributed by atoms with van der Waals surface area (Å²) < 4.78 is 0. The summed E-state index contributed by atoms with van der Waals surface area (Å²) in [5.74, 6) is 2.07. The molecule has 0 bridgehead atoms. The summed E-state index contributed by atoms with van der Waals surface area (Å²) >= 11 is 1.91. The van der Waals surface area contributed by atoms with Crippen LogP contribution in [0.1, 0.15) is 29.0 Å². The second-order valence-corrected chi connectivity index (χ2v) is 7.30. The number of aryl methyl sites for hydroxylation is 2. The van der Waals surface area contributed by atoms with Gasteiger partial charge in [0.2, 0.25) is 0 Å². The third-order valence-electron chi connectivity index (χ3n) is 4.65. The van der Waals surface area contributed by atoms with Crippen LogP contribution in [0.3, 0.4) is 0 Å². The molecule has 1 aliphatic carbocycles. The first kappa shape index (κ1) is 14.6. The number of aliphatic imine (C=N–C) groups is 1. The molecule has 0 radical (unpaired) electrons. The Bertz CT molecular complexity index is 754. The number of nitrogens with one attached hydrogen (secondary N) is 1. The van der Waals surface area contributed by atoms with Gasteiger partial charge in [-0.2, -0.15) is 0 Å². The second kappa shape index (κ2) is 6.28. The zero-order chi connectivity index (χ0) is 15.6. The lowest BCUT2D eigenvalue weighted by atomic mass is 10.0. The zero-order valence-corrected chi connectivity index (χ0v) is 13.9. The minimum absolute atomic E-state index is 0.469. The van der Waals surface area contributed by atoms with Crippen LogP contribution >= 0.6 is 11.8 Å². The first-order chi connectivity index (χ1) is 11.3. The molecular formula is C19H21N3S. The Morgan fingerprint density at radius 1 is 1.17 bits per heavy atom. The van der Waals surface area contributed by atoms with E-state index in [0.29, 0.717) is 11.9 Å². The van der Waals surface area contributed by atoms with Gasteiger partial charge in [0, 0.05) is 22.3 Å². The van der Waals surface area contributed by atoms with E-state index in [4.69, 9.17) is 5.73 Å². The lowest BCUT2D eigenvalue weighted by molar-refractivity contribution is 0.787. The molecule has 3 nitrogen and oxygen atoms in total. The molecule has 2 aliphatic rings. The van der Waals surface area contributed by atoms with E-state index in [2.05, 4.69) is 52.8 Å². The predicted molar refractivity (Wildman–Crippen MR) is 98.5 cm³/mol. The number of hydrogen-bond donors (Lipinski definition) is 2. The van der Waals surface area contributed by atoms with Gasteiger partial charge in [0.15, 0.2) is 5.96 Å². The average Bonchev–Trinajstić information content (AvgIpc) is 3.19. The Labute approximate surface area is 141 Å². The Morgan fingerprint density at radius 3 is 3.00 bits per heavy atom. The van der Waals surface area contributed by atoms with Crippen molar-refractivity contribution in [1.82, 2.24) is 0 Å². The number of anilines is 1. The fourth-order valence-electron chi connectivity index (χ4n) is 3.43. The molecule has 0 amide bonds. The predicted octanol–water partition coefficient (Wildman–Crippen LogP) is 3.79. The minimum Gasteiger partial charge on any atom is -0.370 e. The van der Waals surface area contributed by atoms with Crippen molar-refractivity contribution in [3.63, 3.8) is 0 Å². The topological polar surface area (TPSA) is 50.4 Å². The van der Waals surface area contributed by atoms with Crippen molar-refractivity contribution in [3.8, 4) is 0 Å². The van der Waals surface area contributed by atoms with E-state index in [1.807, 2.05) is 11.8 Å². The van der Waals surface area contributed by atoms with Gasteiger partial charge >= 0.3 is 0 Å². The van der Waals surface area contributed by atoms with Crippen molar-refractivity contribution in [1.29, 1.82) is 0 Å². The number of thioether (sulfide) groups is 1. The van der Waals surface area contributed by atoms with Gasteiger partial charge in [0.1, 0.15) is 0 Å². The van der Waals surface area contributed by atoms with Crippen LogP contribution in [0.5, 0.6) is 0 Å². The Balaban J connectivity index is 1.42. The fraction of sp³-hybridized carbons (Fsp3) is 0.316. The van der Waals surface area contributed by atoms with Crippen LogP contribution in [-0.4, -0.2) is 18.3 Å². The van der Waals surface area contributed by atoms with E-state index >= 15 is 0 Å². The van der Waals surface area contributed by atoms with Crippen molar-refractivity contribution in [2.45, 2.75) is 30.1 Å². The molecule has 1 aliphatic heterocycles. The average molecular weight is 323 g/mol. The third-order valence-corrected chi connectivity index (χ3v) is 5.90. The zero-order valence-electron chi connectivity index (χ0n) is 13.1. The molecule has 1 heterocycles. The van der Waals surface area contributed by atoms with Crippen LogP contribution in [0.15, 0.2) is 52.4 Å². The summed E-state index contributed by atoms with van der Waals surface area (Å²) in [5, 5.41) is 3.24. The molecule has 118 valence electrons. The molecule has 3 N–H and O–H groups in total. The first-order valence-corrected chi connectivity index (χ1v) is 9.18. The van der Waals surface area contributed by atoms with E-state index in [0.717, 1.165) is 18.0 Å². The smallest absolute Gasteiger partial charge is 0.193 e. The highest BCUT2D eigenvalue weighted by Gasteiger charge is 2.22. The summed E-state index contributed by atoms with van der Waals surface area (Å²) in [6.45, 7) is 0.744. The number of hydrogen-bond acceptors (Lipinski definition) is 2. The molecule has 2 aromatic carbocycles. The summed E-state index contributed by atoms with van der Waals surface area (Å²) in [6, 6.07) is 15.1. The van der Waals surface area contributed by atoms with E-state index in [-0.39, 0.29) is 0 Å². The lowest BCUT2D eigenvalue weighted by Crippen LogP contribution is -2.23. The maximum absolute atomic E-state index is 6.08. The van der Waals surface area contributed by atoms with Gasteiger partial charge in [0.25, 0.3) is 0 Å². The highest BCUT2D eigenvalue weighted by molar-refractivity contribution is 7.99. The SMILES string of the molecule is NC(=NCC1CSc2ccccc21)Nc1ccc2c(c1)CCC2. The van der Waals surface area contributed by atoms with Crippen LogP contribution < -0.4 is 11.1 Å². The molecule has 1 unspecified atom stereocenters. The maximum atomic E-state index is 6.08. The van der Waals surface area contributed by atoms with Gasteiger partial charge in [-0.05, 0) is 54.2 Å². The largest absolute Gasteiger partial charge is 0.370 e. The van der Waals surface area contributed by atoms with E-state index < -0.39 is 0 Å². The van der Waals surface area contributed by atoms with Crippen LogP contribution in [0.2, 0.25) is 0 Å². The van der Waals surface area contributed by atoms with Crippen LogP contribution in [0, 0.1) is 0 Å². The summed E-state index contributed by atoms with van der Waals surface area (Å²) in [7, 11) is 0. The second-order valence-electron chi connectivity index (χ2n) is 6.23. The number of fused-ring (bicyclic) bond motifs is 2. The van der Waals surface area contributed by atoms with Crippen LogP contribution in [0.25, 0.3) is 0 Å². The van der Waals surface area contributed by atoms with E-state index in [9.17, 15) is 0 Å². The van der Waals surface area contributed by atoms with Crippen molar-refractivity contribution in [3.05, 3.63) is 59.2 Å². The standard InChI is InChI=1S/C19H21N3S/c20-19(22-16-9-8-13-4-3-5-14(13)10-16)21-11-15-12-23-18-7-2-1-6-17(15)18/h1-2,6-10,15H,3-5,11-12H2,(H3,20,21,22). The maximum Gasteiger partial charge on any atom is 0.193 e. The molecule has 0 fully saturated rings. The molecule has 23 heavy (non-hydrogen) atoms. The Morgan fingerprint density at radius 2 is 2.04 bits per heavy atom. The van der Waals surface area contributed by atoms with Gasteiger partial charge in [0.05, 0.1) is 6.54 Å². The number of guanidine groups is 1. The van der Waals surface area contributed by atoms with Crippen molar-refractivity contribution in [2.24, 2.45) is 10.7 Å². The van der Waals surface area contributed by atoms with Gasteiger partial charge in [-0.1, -0.05) is 24.3 Å². The molecule has 2 aromatic rings.